The zero-order valence-electron chi connectivity index (χ0n) is 22.6. The summed E-state index contributed by atoms with van der Waals surface area (Å²) in [7, 11) is 0. The van der Waals surface area contributed by atoms with Crippen LogP contribution in [0.25, 0.3) is 0 Å². The van der Waals surface area contributed by atoms with Crippen LogP contribution in [0, 0.1) is 18.3 Å². The number of aromatic nitrogens is 2. The molecule has 14 heteroatoms. The Balaban J connectivity index is 1.92. The highest BCUT2D eigenvalue weighted by molar-refractivity contribution is 8.09. The van der Waals surface area contributed by atoms with E-state index in [0.717, 1.165) is 10.6 Å². The molecule has 0 aliphatic carbocycles. The molecule has 218 valence electrons. The molecule has 40 heavy (non-hydrogen) atoms. The van der Waals surface area contributed by atoms with E-state index in [0.29, 0.717) is 5.75 Å². The Morgan fingerprint density at radius 2 is 1.98 bits per heavy atom. The molecule has 0 amide bonds. The summed E-state index contributed by atoms with van der Waals surface area (Å²) in [6.07, 6.45) is 1.86. The summed E-state index contributed by atoms with van der Waals surface area (Å²) in [5.74, 6) is 1.64. The molecule has 1 saturated heterocycles. The van der Waals surface area contributed by atoms with Crippen molar-refractivity contribution in [3.8, 4) is 18.1 Å². The number of carbonyl (C=O) groups is 1. The van der Waals surface area contributed by atoms with Gasteiger partial charge in [-0.05, 0) is 43.7 Å². The molecule has 3 rings (SSSR count). The Kier molecular flexibility index (Phi) is 10.5. The maximum atomic E-state index is 12.9. The molecule has 12 nitrogen and oxygen atoms in total. The van der Waals surface area contributed by atoms with Gasteiger partial charge >= 0.3 is 18.3 Å². The number of benzene rings is 1. The molecule has 2 unspecified atom stereocenters. The second-order valence-electron chi connectivity index (χ2n) is 9.90. The van der Waals surface area contributed by atoms with Gasteiger partial charge in [0.25, 0.3) is 5.56 Å². The zero-order valence-corrected chi connectivity index (χ0v) is 24.3. The maximum absolute atomic E-state index is 12.9. The third-order valence-corrected chi connectivity index (χ3v) is 8.50. The van der Waals surface area contributed by atoms with Crippen molar-refractivity contribution in [3.05, 3.63) is 63.4 Å². The number of ether oxygens (including phenoxy) is 2. The third kappa shape index (κ3) is 7.67. The van der Waals surface area contributed by atoms with Gasteiger partial charge in [0.2, 0.25) is 0 Å². The van der Waals surface area contributed by atoms with E-state index in [1.165, 1.54) is 6.20 Å². The van der Waals surface area contributed by atoms with Crippen LogP contribution in [0.4, 0.5) is 0 Å². The first kappa shape index (κ1) is 31.7. The van der Waals surface area contributed by atoms with Gasteiger partial charge < -0.3 is 28.7 Å². The van der Waals surface area contributed by atoms with Gasteiger partial charge in [0.05, 0.1) is 12.7 Å². The monoisotopic (exact) mass is 595 g/mol. The van der Waals surface area contributed by atoms with Gasteiger partial charge in [-0.25, -0.2) is 9.88 Å². The standard InChI is InChI=1S/C26H34N3O9PS/c1-6-19(30)26(34)14-22(29-13-12-21(31)27-25(29)33)37-20(26)15-35-39(40,38-18-10-8-7-9-11-18)28-23(16(2)3)24(32)36-17(4)5/h1,7-13,16-17,19-20,22-23,30,34H,14-15H2,2-5H3,(H,28,40)(H,27,31,33)/t19?,20-,22-,23+,26-,39?/m1/s1. The van der Waals surface area contributed by atoms with Gasteiger partial charge in [-0.15, -0.1) is 6.42 Å². The fourth-order valence-electron chi connectivity index (χ4n) is 4.03. The summed E-state index contributed by atoms with van der Waals surface area (Å²) in [5.41, 5.74) is -3.45. The van der Waals surface area contributed by atoms with Gasteiger partial charge in [0, 0.05) is 18.7 Å². The van der Waals surface area contributed by atoms with E-state index in [-0.39, 0.29) is 18.4 Å². The number of para-hydroxylation sites is 1. The van der Waals surface area contributed by atoms with E-state index in [9.17, 15) is 24.6 Å². The van der Waals surface area contributed by atoms with Crippen molar-refractivity contribution in [1.82, 2.24) is 14.6 Å². The lowest BCUT2D eigenvalue weighted by atomic mass is 9.89. The lowest BCUT2D eigenvalue weighted by Crippen LogP contribution is -2.50. The molecule has 1 aliphatic rings. The van der Waals surface area contributed by atoms with Crippen LogP contribution in [0.15, 0.2) is 52.2 Å². The van der Waals surface area contributed by atoms with Crippen molar-refractivity contribution in [2.24, 2.45) is 5.92 Å². The highest BCUT2D eigenvalue weighted by atomic mass is 32.5. The van der Waals surface area contributed by atoms with Crippen LogP contribution in [0.2, 0.25) is 0 Å². The Labute approximate surface area is 236 Å². The zero-order chi connectivity index (χ0) is 29.7. The Morgan fingerprint density at radius 3 is 2.55 bits per heavy atom. The smallest absolute Gasteiger partial charge is 0.330 e. The second-order valence-corrected chi connectivity index (χ2v) is 13.0. The average molecular weight is 596 g/mol. The summed E-state index contributed by atoms with van der Waals surface area (Å²) in [6.45, 7) is 3.05. The topological polar surface area (TPSA) is 161 Å². The van der Waals surface area contributed by atoms with Crippen LogP contribution in [-0.2, 0) is 30.6 Å². The van der Waals surface area contributed by atoms with Crippen molar-refractivity contribution in [1.29, 1.82) is 0 Å². The van der Waals surface area contributed by atoms with Crippen LogP contribution in [-0.4, -0.2) is 62.3 Å². The van der Waals surface area contributed by atoms with Crippen molar-refractivity contribution < 1.29 is 33.5 Å². The summed E-state index contributed by atoms with van der Waals surface area (Å²) in [6, 6.07) is 8.79. The highest BCUT2D eigenvalue weighted by Gasteiger charge is 2.53. The molecule has 0 spiro atoms. The lowest BCUT2D eigenvalue weighted by Gasteiger charge is -2.33. The van der Waals surface area contributed by atoms with Gasteiger partial charge in [0.1, 0.15) is 35.8 Å². The number of aliphatic hydroxyl groups is 2. The van der Waals surface area contributed by atoms with Crippen molar-refractivity contribution in [2.45, 2.75) is 70.3 Å². The molecule has 2 aromatic rings. The van der Waals surface area contributed by atoms with Gasteiger partial charge in [-0.3, -0.25) is 19.1 Å². The highest BCUT2D eigenvalue weighted by Crippen LogP contribution is 2.48. The van der Waals surface area contributed by atoms with E-state index >= 15 is 0 Å². The number of esters is 1. The molecule has 6 atom stereocenters. The summed E-state index contributed by atoms with van der Waals surface area (Å²) >= 11 is 5.79. The number of nitrogens with one attached hydrogen (secondary N) is 2. The minimum Gasteiger partial charge on any atom is -0.462 e. The summed E-state index contributed by atoms with van der Waals surface area (Å²) in [5, 5.41) is 24.9. The van der Waals surface area contributed by atoms with E-state index in [1.54, 1.807) is 58.0 Å². The number of terminal acetylenes is 1. The number of hydrogen-bond donors (Lipinski definition) is 4. The summed E-state index contributed by atoms with van der Waals surface area (Å²) < 4.78 is 24.5. The number of aromatic amines is 1. The van der Waals surface area contributed by atoms with Crippen LogP contribution in [0.5, 0.6) is 5.75 Å². The minimum atomic E-state index is -3.56. The fourth-order valence-corrected chi connectivity index (χ4v) is 6.46. The normalized spacial score (nSPS) is 23.8. The predicted molar refractivity (Wildman–Crippen MR) is 150 cm³/mol. The molecule has 1 aromatic carbocycles. The molecule has 0 radical (unpaired) electrons. The minimum absolute atomic E-state index is 0.268. The molecule has 0 bridgehead atoms. The van der Waals surface area contributed by atoms with Crippen molar-refractivity contribution in [3.63, 3.8) is 0 Å². The number of nitrogens with zero attached hydrogens (tertiary/aromatic N) is 1. The first-order valence-corrected chi connectivity index (χ1v) is 15.2. The number of carbonyl (C=O) groups excluding carboxylic acids is 1. The first-order valence-electron chi connectivity index (χ1n) is 12.6. The van der Waals surface area contributed by atoms with Crippen molar-refractivity contribution in [2.75, 3.05) is 6.61 Å². The second kappa shape index (κ2) is 13.2. The predicted octanol–water partition coefficient (Wildman–Crippen LogP) is 1.44. The Morgan fingerprint density at radius 1 is 1.30 bits per heavy atom. The summed E-state index contributed by atoms with van der Waals surface area (Å²) in [4.78, 5) is 38.8. The van der Waals surface area contributed by atoms with Gasteiger partial charge in [-0.1, -0.05) is 38.0 Å². The molecule has 1 aliphatic heterocycles. The number of rotatable bonds is 12. The van der Waals surface area contributed by atoms with E-state index in [2.05, 4.69) is 16.0 Å². The SMILES string of the molecule is C#CC(O)[C@]1(O)C[C@H](n2ccc(=O)[nH]c2=O)O[C@@H]1COP(=S)(N[C@H](C(=O)OC(C)C)C(C)C)Oc1ccccc1. The van der Waals surface area contributed by atoms with Crippen molar-refractivity contribution >= 4 is 24.4 Å². The quantitative estimate of drug-likeness (QED) is 0.160. The molecule has 1 aromatic heterocycles. The van der Waals surface area contributed by atoms with E-state index < -0.39 is 60.5 Å². The van der Waals surface area contributed by atoms with E-state index in [1.807, 2.05) is 0 Å². The van der Waals surface area contributed by atoms with Crippen LogP contribution < -0.4 is 20.9 Å². The maximum Gasteiger partial charge on any atom is 0.330 e. The van der Waals surface area contributed by atoms with E-state index in [4.69, 9.17) is 36.8 Å². The molecule has 4 N–H and O–H groups in total. The van der Waals surface area contributed by atoms with Gasteiger partial charge in [0.15, 0.2) is 0 Å². The fraction of sp³-hybridized carbons (Fsp3) is 0.500. The molecular formula is C26H34N3O9PS. The number of aliphatic hydroxyl groups excluding tert-OH is 1. The lowest BCUT2D eigenvalue weighted by molar-refractivity contribution is -0.150. The van der Waals surface area contributed by atoms with Crippen LogP contribution in [0.3, 0.4) is 0 Å². The first-order chi connectivity index (χ1) is 18.8. The Bertz CT molecular complexity index is 1370. The molecule has 2 heterocycles. The number of H-pyrrole nitrogens is 1. The van der Waals surface area contributed by atoms with Crippen LogP contribution >= 0.6 is 6.64 Å². The largest absolute Gasteiger partial charge is 0.462 e. The average Bonchev–Trinajstić information content (AvgIpc) is 3.22. The molecular weight excluding hydrogens is 561 g/mol. The van der Waals surface area contributed by atoms with Crippen LogP contribution in [0.1, 0.15) is 40.3 Å². The molecule has 0 saturated carbocycles. The number of hydrogen-bond acceptors (Lipinski definition) is 10. The molecule has 1 fully saturated rings. The van der Waals surface area contributed by atoms with Gasteiger partial charge in [-0.2, -0.15) is 0 Å². The Hall–Kier alpha value is -2.82. The third-order valence-electron chi connectivity index (χ3n) is 6.11.